The largest absolute Gasteiger partial charge is 0.489 e. The number of hydrogen-bond acceptors (Lipinski definition) is 2. The van der Waals surface area contributed by atoms with E-state index in [0.29, 0.717) is 16.9 Å². The smallest absolute Gasteiger partial charge is 0.123 e. The molecule has 4 heteroatoms. The highest BCUT2D eigenvalue weighted by atomic mass is 19.1. The molecule has 0 heterocycles. The quantitative estimate of drug-likeness (QED) is 0.904. The van der Waals surface area contributed by atoms with E-state index in [1.54, 1.807) is 6.07 Å². The summed E-state index contributed by atoms with van der Waals surface area (Å²) in [5, 5.41) is 0. The van der Waals surface area contributed by atoms with E-state index in [1.807, 2.05) is 0 Å². The van der Waals surface area contributed by atoms with Crippen molar-refractivity contribution in [3.63, 3.8) is 0 Å². The van der Waals surface area contributed by atoms with E-state index in [1.165, 1.54) is 36.4 Å². The third-order valence-electron chi connectivity index (χ3n) is 2.47. The predicted octanol–water partition coefficient (Wildman–Crippen LogP) is 3.00. The van der Waals surface area contributed by atoms with Gasteiger partial charge in [0, 0.05) is 6.54 Å². The van der Waals surface area contributed by atoms with Crippen LogP contribution in [0.25, 0.3) is 0 Å². The Labute approximate surface area is 104 Å². The Hall–Kier alpha value is -1.94. The molecule has 0 aliphatic rings. The van der Waals surface area contributed by atoms with Crippen molar-refractivity contribution in [2.24, 2.45) is 5.73 Å². The SMILES string of the molecule is NCc1cc(F)cc(COc2ccc(F)cc2)c1. The van der Waals surface area contributed by atoms with Crippen LogP contribution in [0.15, 0.2) is 42.5 Å². The highest BCUT2D eigenvalue weighted by molar-refractivity contribution is 5.26. The molecule has 0 saturated heterocycles. The van der Waals surface area contributed by atoms with Gasteiger partial charge in [-0.3, -0.25) is 0 Å². The van der Waals surface area contributed by atoms with Gasteiger partial charge in [0.1, 0.15) is 24.0 Å². The zero-order chi connectivity index (χ0) is 13.0. The second-order valence-corrected chi connectivity index (χ2v) is 3.91. The minimum Gasteiger partial charge on any atom is -0.489 e. The molecular formula is C14H13F2NO. The summed E-state index contributed by atoms with van der Waals surface area (Å²) in [4.78, 5) is 0. The number of rotatable bonds is 4. The molecule has 0 atom stereocenters. The van der Waals surface area contributed by atoms with E-state index in [0.717, 1.165) is 0 Å². The van der Waals surface area contributed by atoms with Gasteiger partial charge in [-0.1, -0.05) is 6.07 Å². The summed E-state index contributed by atoms with van der Waals surface area (Å²) in [6.45, 7) is 0.498. The fourth-order valence-corrected chi connectivity index (χ4v) is 1.62. The van der Waals surface area contributed by atoms with Crippen LogP contribution in [0.4, 0.5) is 8.78 Å². The third-order valence-corrected chi connectivity index (χ3v) is 2.47. The van der Waals surface area contributed by atoms with Gasteiger partial charge >= 0.3 is 0 Å². The van der Waals surface area contributed by atoms with Gasteiger partial charge in [0.05, 0.1) is 0 Å². The van der Waals surface area contributed by atoms with Gasteiger partial charge in [0.25, 0.3) is 0 Å². The van der Waals surface area contributed by atoms with Crippen LogP contribution in [0, 0.1) is 11.6 Å². The predicted molar refractivity (Wildman–Crippen MR) is 65.0 cm³/mol. The first-order valence-electron chi connectivity index (χ1n) is 5.54. The van der Waals surface area contributed by atoms with Gasteiger partial charge in [-0.2, -0.15) is 0 Å². The second kappa shape index (κ2) is 5.60. The van der Waals surface area contributed by atoms with E-state index in [2.05, 4.69) is 0 Å². The summed E-state index contributed by atoms with van der Waals surface area (Å²) in [6.07, 6.45) is 0. The Bertz CT molecular complexity index is 526. The Morgan fingerprint density at radius 1 is 0.889 bits per heavy atom. The summed E-state index contributed by atoms with van der Waals surface area (Å²) in [6, 6.07) is 10.2. The van der Waals surface area contributed by atoms with Crippen molar-refractivity contribution in [2.45, 2.75) is 13.2 Å². The molecule has 0 fully saturated rings. The minimum absolute atomic E-state index is 0.219. The molecule has 0 aliphatic carbocycles. The van der Waals surface area contributed by atoms with Crippen LogP contribution >= 0.6 is 0 Å². The molecule has 0 spiro atoms. The van der Waals surface area contributed by atoms with Crippen molar-refractivity contribution >= 4 is 0 Å². The van der Waals surface area contributed by atoms with Crippen LogP contribution in [0.3, 0.4) is 0 Å². The molecule has 0 aromatic heterocycles. The summed E-state index contributed by atoms with van der Waals surface area (Å²) in [5.74, 6) is -0.121. The topological polar surface area (TPSA) is 35.2 Å². The average molecular weight is 249 g/mol. The maximum absolute atomic E-state index is 13.2. The van der Waals surface area contributed by atoms with Crippen LogP contribution < -0.4 is 10.5 Å². The van der Waals surface area contributed by atoms with Gasteiger partial charge < -0.3 is 10.5 Å². The molecular weight excluding hydrogens is 236 g/mol. The molecule has 0 aliphatic heterocycles. The van der Waals surface area contributed by atoms with Crippen molar-refractivity contribution < 1.29 is 13.5 Å². The van der Waals surface area contributed by atoms with E-state index in [9.17, 15) is 8.78 Å². The minimum atomic E-state index is -0.337. The normalized spacial score (nSPS) is 10.4. The van der Waals surface area contributed by atoms with E-state index >= 15 is 0 Å². The molecule has 2 aromatic carbocycles. The van der Waals surface area contributed by atoms with Crippen molar-refractivity contribution in [1.29, 1.82) is 0 Å². The zero-order valence-corrected chi connectivity index (χ0v) is 9.70. The van der Waals surface area contributed by atoms with E-state index in [4.69, 9.17) is 10.5 Å². The van der Waals surface area contributed by atoms with Crippen LogP contribution in [-0.4, -0.2) is 0 Å². The second-order valence-electron chi connectivity index (χ2n) is 3.91. The molecule has 0 amide bonds. The van der Waals surface area contributed by atoms with Crippen LogP contribution in [0.5, 0.6) is 5.75 Å². The highest BCUT2D eigenvalue weighted by Gasteiger charge is 2.01. The molecule has 2 N–H and O–H groups in total. The van der Waals surface area contributed by atoms with E-state index in [-0.39, 0.29) is 24.8 Å². The molecule has 0 unspecified atom stereocenters. The first-order chi connectivity index (χ1) is 8.67. The van der Waals surface area contributed by atoms with Crippen molar-refractivity contribution in [3.05, 3.63) is 65.2 Å². The number of ether oxygens (including phenoxy) is 1. The lowest BCUT2D eigenvalue weighted by Gasteiger charge is -2.07. The lowest BCUT2D eigenvalue weighted by atomic mass is 10.1. The molecule has 2 rings (SSSR count). The Morgan fingerprint density at radius 3 is 2.22 bits per heavy atom. The van der Waals surface area contributed by atoms with Crippen molar-refractivity contribution in [1.82, 2.24) is 0 Å². The Morgan fingerprint density at radius 2 is 1.56 bits per heavy atom. The molecule has 18 heavy (non-hydrogen) atoms. The molecule has 94 valence electrons. The molecule has 0 radical (unpaired) electrons. The third kappa shape index (κ3) is 3.28. The van der Waals surface area contributed by atoms with Gasteiger partial charge in [0.2, 0.25) is 0 Å². The fraction of sp³-hybridized carbons (Fsp3) is 0.143. The van der Waals surface area contributed by atoms with Crippen LogP contribution in [-0.2, 0) is 13.2 Å². The lowest BCUT2D eigenvalue weighted by molar-refractivity contribution is 0.305. The van der Waals surface area contributed by atoms with Gasteiger partial charge in [-0.25, -0.2) is 8.78 Å². The fourth-order valence-electron chi connectivity index (χ4n) is 1.62. The van der Waals surface area contributed by atoms with Crippen molar-refractivity contribution in [2.75, 3.05) is 0 Å². The molecule has 0 bridgehead atoms. The molecule has 2 aromatic rings. The maximum atomic E-state index is 13.2. The summed E-state index contributed by atoms with van der Waals surface area (Å²) >= 11 is 0. The number of benzene rings is 2. The number of halogens is 2. The highest BCUT2D eigenvalue weighted by Crippen LogP contribution is 2.15. The number of nitrogens with two attached hydrogens (primary N) is 1. The Balaban J connectivity index is 2.05. The van der Waals surface area contributed by atoms with Crippen molar-refractivity contribution in [3.8, 4) is 5.75 Å². The van der Waals surface area contributed by atoms with Gasteiger partial charge in [-0.15, -0.1) is 0 Å². The first kappa shape index (κ1) is 12.5. The monoisotopic (exact) mass is 249 g/mol. The van der Waals surface area contributed by atoms with Gasteiger partial charge in [0.15, 0.2) is 0 Å². The molecule has 2 nitrogen and oxygen atoms in total. The van der Waals surface area contributed by atoms with Gasteiger partial charge in [-0.05, 0) is 47.5 Å². The number of hydrogen-bond donors (Lipinski definition) is 1. The summed E-state index contributed by atoms with van der Waals surface area (Å²) < 4.78 is 31.3. The summed E-state index contributed by atoms with van der Waals surface area (Å²) in [5.41, 5.74) is 6.87. The standard InChI is InChI=1S/C14H13F2NO/c15-12-1-3-14(4-2-12)18-9-11-5-10(8-17)6-13(16)7-11/h1-7H,8-9,17H2. The maximum Gasteiger partial charge on any atom is 0.123 e. The lowest BCUT2D eigenvalue weighted by Crippen LogP contribution is -2.01. The van der Waals surface area contributed by atoms with Crippen LogP contribution in [0.1, 0.15) is 11.1 Å². The van der Waals surface area contributed by atoms with E-state index < -0.39 is 0 Å². The molecule has 0 saturated carbocycles. The Kier molecular flexibility index (Phi) is 3.89. The summed E-state index contributed by atoms with van der Waals surface area (Å²) in [7, 11) is 0. The average Bonchev–Trinajstić information content (AvgIpc) is 2.37. The van der Waals surface area contributed by atoms with Crippen LogP contribution in [0.2, 0.25) is 0 Å². The first-order valence-corrected chi connectivity index (χ1v) is 5.54. The zero-order valence-electron chi connectivity index (χ0n) is 9.70.